The summed E-state index contributed by atoms with van der Waals surface area (Å²) in [6.07, 6.45) is -2.55. The van der Waals surface area contributed by atoms with Crippen molar-refractivity contribution in [3.63, 3.8) is 0 Å². The molecule has 2 aliphatic rings. The molecule has 1 N–H and O–H groups in total. The number of halogens is 3. The summed E-state index contributed by atoms with van der Waals surface area (Å²) < 4.78 is 52.3. The van der Waals surface area contributed by atoms with Crippen LogP contribution in [0.25, 0.3) is 0 Å². The molecule has 2 aromatic rings. The lowest BCUT2D eigenvalue weighted by Gasteiger charge is -2.32. The average Bonchev–Trinajstić information content (AvgIpc) is 3.16. The lowest BCUT2D eigenvalue weighted by atomic mass is 9.93. The lowest BCUT2D eigenvalue weighted by Crippen LogP contribution is -2.38. The monoisotopic (exact) mass is 438 g/mol. The van der Waals surface area contributed by atoms with Crippen LogP contribution in [0.5, 0.6) is 11.5 Å². The number of ether oxygens (including phenoxy) is 2. The maximum absolute atomic E-state index is 13.5. The van der Waals surface area contributed by atoms with Gasteiger partial charge in [-0.2, -0.15) is 18.3 Å². The molecule has 170 valence electrons. The molecule has 0 spiro atoms. The minimum Gasteiger partial charge on any atom is -0.493 e. The van der Waals surface area contributed by atoms with Crippen molar-refractivity contribution in [3.8, 4) is 11.5 Å². The Morgan fingerprint density at radius 1 is 1.10 bits per heavy atom. The van der Waals surface area contributed by atoms with Crippen LogP contribution in [0.3, 0.4) is 0 Å². The van der Waals surface area contributed by atoms with Crippen molar-refractivity contribution in [1.82, 2.24) is 14.7 Å². The highest BCUT2D eigenvalue weighted by Crippen LogP contribution is 2.41. The zero-order valence-corrected chi connectivity index (χ0v) is 18.1. The topological polar surface area (TPSA) is 51.5 Å². The lowest BCUT2D eigenvalue weighted by molar-refractivity contribution is -0.173. The van der Waals surface area contributed by atoms with Gasteiger partial charge >= 0.3 is 6.18 Å². The number of benzene rings is 1. The van der Waals surface area contributed by atoms with Gasteiger partial charge in [-0.1, -0.05) is 6.07 Å². The highest BCUT2D eigenvalue weighted by molar-refractivity contribution is 5.43. The van der Waals surface area contributed by atoms with Gasteiger partial charge in [0.25, 0.3) is 0 Å². The third-order valence-corrected chi connectivity index (χ3v) is 6.26. The summed E-state index contributed by atoms with van der Waals surface area (Å²) in [5.41, 5.74) is 1.90. The molecule has 0 saturated carbocycles. The molecule has 9 heteroatoms. The molecule has 0 unspecified atom stereocenters. The highest BCUT2D eigenvalue weighted by Gasteiger charge is 2.45. The van der Waals surface area contributed by atoms with Crippen molar-refractivity contribution < 1.29 is 22.6 Å². The number of likely N-dealkylation sites (tertiary alicyclic amines) is 1. The SMILES string of the molecule is COc1ccc(CN2CCC(c3cc4n(n3)[C@@H](C(F)(F)F)C[C@@H](C)N4)CC2)cc1OC. The molecule has 4 rings (SSSR count). The van der Waals surface area contributed by atoms with Crippen LogP contribution in [0.1, 0.15) is 49.4 Å². The Balaban J connectivity index is 1.41. The van der Waals surface area contributed by atoms with Crippen LogP contribution in [-0.4, -0.2) is 54.2 Å². The maximum atomic E-state index is 13.5. The smallest absolute Gasteiger partial charge is 0.410 e. The first kappa shape index (κ1) is 21.8. The van der Waals surface area contributed by atoms with E-state index in [0.29, 0.717) is 17.3 Å². The number of fused-ring (bicyclic) bond motifs is 1. The van der Waals surface area contributed by atoms with Crippen molar-refractivity contribution in [2.45, 2.75) is 56.9 Å². The van der Waals surface area contributed by atoms with E-state index in [4.69, 9.17) is 9.47 Å². The average molecular weight is 438 g/mol. The number of hydrogen-bond acceptors (Lipinski definition) is 5. The molecule has 1 aromatic heterocycles. The van der Waals surface area contributed by atoms with E-state index in [0.717, 1.165) is 48.4 Å². The molecular formula is C22H29F3N4O2. The minimum absolute atomic E-state index is 0.00138. The number of methoxy groups -OCH3 is 2. The fourth-order valence-corrected chi connectivity index (χ4v) is 4.60. The van der Waals surface area contributed by atoms with Crippen molar-refractivity contribution in [3.05, 3.63) is 35.5 Å². The molecule has 0 radical (unpaired) electrons. The molecule has 0 amide bonds. The number of alkyl halides is 3. The zero-order chi connectivity index (χ0) is 22.2. The molecular weight excluding hydrogens is 409 g/mol. The number of aromatic nitrogens is 2. The number of nitrogens with zero attached hydrogens (tertiary/aromatic N) is 3. The second-order valence-corrected chi connectivity index (χ2v) is 8.48. The van der Waals surface area contributed by atoms with Crippen molar-refractivity contribution >= 4 is 5.82 Å². The molecule has 1 saturated heterocycles. The molecule has 0 bridgehead atoms. The van der Waals surface area contributed by atoms with E-state index in [1.165, 1.54) is 0 Å². The van der Waals surface area contributed by atoms with Gasteiger partial charge in [-0.15, -0.1) is 0 Å². The second kappa shape index (κ2) is 8.61. The summed E-state index contributed by atoms with van der Waals surface area (Å²) >= 11 is 0. The Kier molecular flexibility index (Phi) is 6.05. The van der Waals surface area contributed by atoms with Crippen molar-refractivity contribution in [1.29, 1.82) is 0 Å². The Bertz CT molecular complexity index is 907. The number of hydrogen-bond donors (Lipinski definition) is 1. The highest BCUT2D eigenvalue weighted by atomic mass is 19.4. The maximum Gasteiger partial charge on any atom is 0.410 e. The molecule has 0 aliphatic carbocycles. The standard InChI is InChI=1S/C22H29F3N4O2/c1-14-10-20(22(23,24)25)29-21(26-14)12-17(27-29)16-6-8-28(9-7-16)13-15-4-5-18(30-2)19(11-15)31-3/h4-5,11-12,14,16,20,26H,6-10,13H2,1-3H3/t14-,20-/m1/s1. The summed E-state index contributed by atoms with van der Waals surface area (Å²) in [6, 6.07) is 5.94. The van der Waals surface area contributed by atoms with Crippen LogP contribution in [0.4, 0.5) is 19.0 Å². The Hall–Kier alpha value is -2.42. The predicted molar refractivity (Wildman–Crippen MR) is 112 cm³/mol. The Morgan fingerprint density at radius 2 is 1.81 bits per heavy atom. The summed E-state index contributed by atoms with van der Waals surface area (Å²) in [5, 5.41) is 7.54. The first-order valence-electron chi connectivity index (χ1n) is 10.6. The number of anilines is 1. The molecule has 3 heterocycles. The molecule has 2 aliphatic heterocycles. The van der Waals surface area contributed by atoms with E-state index in [9.17, 15) is 13.2 Å². The van der Waals surface area contributed by atoms with Crippen LogP contribution in [-0.2, 0) is 6.54 Å². The van der Waals surface area contributed by atoms with E-state index >= 15 is 0 Å². The first-order valence-corrected chi connectivity index (χ1v) is 10.6. The van der Waals surface area contributed by atoms with Crippen LogP contribution in [0, 0.1) is 0 Å². The summed E-state index contributed by atoms with van der Waals surface area (Å²) in [7, 11) is 3.24. The van der Waals surface area contributed by atoms with Crippen molar-refractivity contribution in [2.75, 3.05) is 32.6 Å². The van der Waals surface area contributed by atoms with Gasteiger partial charge in [0.1, 0.15) is 5.82 Å². The van der Waals surface area contributed by atoms with E-state index < -0.39 is 12.2 Å². The van der Waals surface area contributed by atoms with Crippen LogP contribution in [0.2, 0.25) is 0 Å². The van der Waals surface area contributed by atoms with Gasteiger partial charge in [-0.05, 0) is 57.0 Å². The third-order valence-electron chi connectivity index (χ3n) is 6.26. The molecule has 2 atom stereocenters. The molecule has 1 aromatic carbocycles. The van der Waals surface area contributed by atoms with Gasteiger partial charge in [-0.25, -0.2) is 4.68 Å². The van der Waals surface area contributed by atoms with Crippen LogP contribution in [0.15, 0.2) is 24.3 Å². The van der Waals surface area contributed by atoms with Gasteiger partial charge < -0.3 is 14.8 Å². The van der Waals surface area contributed by atoms with E-state index in [1.807, 2.05) is 24.3 Å². The summed E-state index contributed by atoms with van der Waals surface area (Å²) in [4.78, 5) is 2.35. The molecule has 31 heavy (non-hydrogen) atoms. The zero-order valence-electron chi connectivity index (χ0n) is 18.1. The fraction of sp³-hybridized carbons (Fsp3) is 0.591. The Morgan fingerprint density at radius 3 is 2.45 bits per heavy atom. The van der Waals surface area contributed by atoms with Crippen LogP contribution >= 0.6 is 0 Å². The number of piperidine rings is 1. The minimum atomic E-state index is -4.29. The molecule has 6 nitrogen and oxygen atoms in total. The van der Waals surface area contributed by atoms with Gasteiger partial charge in [-0.3, -0.25) is 4.90 Å². The van der Waals surface area contributed by atoms with Gasteiger partial charge in [0.15, 0.2) is 17.5 Å². The Labute approximate surface area is 180 Å². The van der Waals surface area contributed by atoms with E-state index in [1.54, 1.807) is 21.1 Å². The fourth-order valence-electron chi connectivity index (χ4n) is 4.60. The normalized spacial score (nSPS) is 22.6. The predicted octanol–water partition coefficient (Wildman–Crippen LogP) is 4.59. The van der Waals surface area contributed by atoms with E-state index in [-0.39, 0.29) is 18.4 Å². The second-order valence-electron chi connectivity index (χ2n) is 8.48. The summed E-state index contributed by atoms with van der Waals surface area (Å²) in [6.45, 7) is 4.31. The quantitative estimate of drug-likeness (QED) is 0.740. The van der Waals surface area contributed by atoms with E-state index in [2.05, 4.69) is 15.3 Å². The third kappa shape index (κ3) is 4.61. The number of rotatable bonds is 5. The van der Waals surface area contributed by atoms with Crippen LogP contribution < -0.4 is 14.8 Å². The molecule has 1 fully saturated rings. The van der Waals surface area contributed by atoms with Gasteiger partial charge in [0.05, 0.1) is 19.9 Å². The largest absolute Gasteiger partial charge is 0.493 e. The summed E-state index contributed by atoms with van der Waals surface area (Å²) in [5.74, 6) is 2.06. The van der Waals surface area contributed by atoms with Gasteiger partial charge in [0.2, 0.25) is 0 Å². The van der Waals surface area contributed by atoms with Crippen molar-refractivity contribution in [2.24, 2.45) is 0 Å². The van der Waals surface area contributed by atoms with Gasteiger partial charge in [0, 0.05) is 24.6 Å². The first-order chi connectivity index (χ1) is 14.8. The number of nitrogens with one attached hydrogen (secondary N) is 1.